The molecule has 1 nitrogen and oxygen atoms in total. The van der Waals surface area contributed by atoms with Crippen molar-refractivity contribution in [3.05, 3.63) is 16.1 Å². The lowest BCUT2D eigenvalue weighted by Gasteiger charge is -2.18. The van der Waals surface area contributed by atoms with Gasteiger partial charge in [0.1, 0.15) is 0 Å². The van der Waals surface area contributed by atoms with Gasteiger partial charge in [-0.2, -0.15) is 12.6 Å². The van der Waals surface area contributed by atoms with Gasteiger partial charge in [-0.3, -0.25) is 0 Å². The first-order valence-corrected chi connectivity index (χ1v) is 6.46. The van der Waals surface area contributed by atoms with E-state index in [2.05, 4.69) is 23.0 Å². The predicted octanol–water partition coefficient (Wildman–Crippen LogP) is 3.62. The normalized spacial score (nSPS) is 19.2. The zero-order valence-electron chi connectivity index (χ0n) is 7.70. The maximum absolute atomic E-state index is 4.59. The SMILES string of the molecule is SCc1csc(C2CCCCC2)n1. The van der Waals surface area contributed by atoms with Crippen molar-refractivity contribution in [2.75, 3.05) is 0 Å². The molecule has 1 aliphatic rings. The molecule has 13 heavy (non-hydrogen) atoms. The standard InChI is InChI=1S/C10H15NS2/c12-6-9-7-13-10(11-9)8-4-2-1-3-5-8/h7-8,12H,1-6H2. The summed E-state index contributed by atoms with van der Waals surface area (Å²) in [6, 6.07) is 0. The lowest BCUT2D eigenvalue weighted by Crippen LogP contribution is -2.03. The fourth-order valence-electron chi connectivity index (χ4n) is 1.93. The highest BCUT2D eigenvalue weighted by atomic mass is 32.1. The van der Waals surface area contributed by atoms with Crippen LogP contribution < -0.4 is 0 Å². The number of thiol groups is 1. The summed E-state index contributed by atoms with van der Waals surface area (Å²) in [6.45, 7) is 0. The van der Waals surface area contributed by atoms with Gasteiger partial charge < -0.3 is 0 Å². The molecule has 1 aliphatic carbocycles. The Bertz CT molecular complexity index is 264. The topological polar surface area (TPSA) is 12.9 Å². The van der Waals surface area contributed by atoms with Crippen LogP contribution in [0.3, 0.4) is 0 Å². The van der Waals surface area contributed by atoms with Crippen molar-refractivity contribution in [1.29, 1.82) is 0 Å². The monoisotopic (exact) mass is 213 g/mol. The van der Waals surface area contributed by atoms with Crippen LogP contribution >= 0.6 is 24.0 Å². The van der Waals surface area contributed by atoms with E-state index in [1.165, 1.54) is 37.1 Å². The second kappa shape index (κ2) is 4.47. The lowest BCUT2D eigenvalue weighted by molar-refractivity contribution is 0.442. The van der Waals surface area contributed by atoms with Crippen molar-refractivity contribution in [3.8, 4) is 0 Å². The zero-order valence-corrected chi connectivity index (χ0v) is 9.41. The second-order valence-corrected chi connectivity index (χ2v) is 4.88. The molecule has 1 aromatic rings. The Hall–Kier alpha value is -0.0200. The third-order valence-electron chi connectivity index (χ3n) is 2.69. The molecule has 0 aliphatic heterocycles. The minimum atomic E-state index is 0.757. The molecule has 3 heteroatoms. The third kappa shape index (κ3) is 2.26. The average Bonchev–Trinajstić information content (AvgIpc) is 2.67. The highest BCUT2D eigenvalue weighted by Crippen LogP contribution is 2.34. The van der Waals surface area contributed by atoms with Crippen molar-refractivity contribution in [1.82, 2.24) is 4.98 Å². The molecule has 0 aromatic carbocycles. The molecule has 1 heterocycles. The zero-order chi connectivity index (χ0) is 9.10. The van der Waals surface area contributed by atoms with Gasteiger partial charge in [-0.15, -0.1) is 11.3 Å². The van der Waals surface area contributed by atoms with Crippen LogP contribution in [0.2, 0.25) is 0 Å². The van der Waals surface area contributed by atoms with Gasteiger partial charge in [0.25, 0.3) is 0 Å². The molecule has 0 radical (unpaired) electrons. The second-order valence-electron chi connectivity index (χ2n) is 3.67. The Morgan fingerprint density at radius 1 is 1.38 bits per heavy atom. The van der Waals surface area contributed by atoms with Crippen LogP contribution in [0, 0.1) is 0 Å². The number of thiazole rings is 1. The molecule has 1 aromatic heterocycles. The summed E-state index contributed by atoms with van der Waals surface area (Å²) in [7, 11) is 0. The Labute approximate surface area is 89.0 Å². The molecule has 0 N–H and O–H groups in total. The number of nitrogens with zero attached hydrogens (tertiary/aromatic N) is 1. The van der Waals surface area contributed by atoms with E-state index < -0.39 is 0 Å². The molecule has 72 valence electrons. The number of rotatable bonds is 2. The summed E-state index contributed by atoms with van der Waals surface area (Å²) < 4.78 is 0. The molecule has 1 saturated carbocycles. The quantitative estimate of drug-likeness (QED) is 0.740. The van der Waals surface area contributed by atoms with Crippen LogP contribution in [-0.4, -0.2) is 4.98 Å². The minimum Gasteiger partial charge on any atom is -0.245 e. The van der Waals surface area contributed by atoms with Crippen LogP contribution in [-0.2, 0) is 5.75 Å². The van der Waals surface area contributed by atoms with E-state index in [-0.39, 0.29) is 0 Å². The third-order valence-corrected chi connectivity index (χ3v) is 4.07. The van der Waals surface area contributed by atoms with Crippen LogP contribution in [0.25, 0.3) is 0 Å². The fraction of sp³-hybridized carbons (Fsp3) is 0.700. The van der Waals surface area contributed by atoms with Gasteiger partial charge in [-0.1, -0.05) is 19.3 Å². The summed E-state index contributed by atoms with van der Waals surface area (Å²) in [5.74, 6) is 1.54. The molecule has 0 bridgehead atoms. The van der Waals surface area contributed by atoms with Gasteiger partial charge in [0, 0.05) is 17.1 Å². The maximum Gasteiger partial charge on any atom is 0.0959 e. The highest BCUT2D eigenvalue weighted by molar-refractivity contribution is 7.79. The fourth-order valence-corrected chi connectivity index (χ4v) is 3.21. The van der Waals surface area contributed by atoms with E-state index in [1.807, 2.05) is 11.3 Å². The van der Waals surface area contributed by atoms with Gasteiger partial charge in [-0.25, -0.2) is 4.98 Å². The summed E-state index contributed by atoms with van der Waals surface area (Å²) in [4.78, 5) is 4.59. The molecular weight excluding hydrogens is 198 g/mol. The van der Waals surface area contributed by atoms with Crippen LogP contribution in [0.4, 0.5) is 0 Å². The van der Waals surface area contributed by atoms with Gasteiger partial charge in [-0.05, 0) is 12.8 Å². The van der Waals surface area contributed by atoms with Crippen LogP contribution in [0.15, 0.2) is 5.38 Å². The van der Waals surface area contributed by atoms with Crippen molar-refractivity contribution >= 4 is 24.0 Å². The molecular formula is C10H15NS2. The summed E-state index contributed by atoms with van der Waals surface area (Å²) in [6.07, 6.45) is 6.89. The first-order valence-electron chi connectivity index (χ1n) is 4.95. The largest absolute Gasteiger partial charge is 0.245 e. The average molecular weight is 213 g/mol. The van der Waals surface area contributed by atoms with Crippen LogP contribution in [0.1, 0.15) is 48.7 Å². The Morgan fingerprint density at radius 3 is 2.77 bits per heavy atom. The first kappa shape index (κ1) is 9.53. The lowest BCUT2D eigenvalue weighted by atomic mass is 9.90. The van der Waals surface area contributed by atoms with E-state index in [4.69, 9.17) is 0 Å². The van der Waals surface area contributed by atoms with E-state index >= 15 is 0 Å². The Kier molecular flexibility index (Phi) is 3.28. The number of hydrogen-bond donors (Lipinski definition) is 1. The summed E-state index contributed by atoms with van der Waals surface area (Å²) in [5, 5.41) is 3.50. The van der Waals surface area contributed by atoms with Crippen molar-refractivity contribution < 1.29 is 0 Å². The maximum atomic E-state index is 4.59. The molecule has 0 spiro atoms. The van der Waals surface area contributed by atoms with Gasteiger partial charge in [0.2, 0.25) is 0 Å². The minimum absolute atomic E-state index is 0.757. The van der Waals surface area contributed by atoms with E-state index in [1.54, 1.807) is 0 Å². The Balaban J connectivity index is 2.05. The number of aromatic nitrogens is 1. The first-order chi connectivity index (χ1) is 6.40. The van der Waals surface area contributed by atoms with Crippen molar-refractivity contribution in [2.45, 2.75) is 43.8 Å². The van der Waals surface area contributed by atoms with Crippen molar-refractivity contribution in [3.63, 3.8) is 0 Å². The summed E-state index contributed by atoms with van der Waals surface area (Å²) >= 11 is 6.05. The molecule has 1 fully saturated rings. The van der Waals surface area contributed by atoms with Gasteiger partial charge >= 0.3 is 0 Å². The molecule has 0 amide bonds. The van der Waals surface area contributed by atoms with E-state index in [0.29, 0.717) is 0 Å². The van der Waals surface area contributed by atoms with Gasteiger partial charge in [0.05, 0.1) is 10.7 Å². The molecule has 0 unspecified atom stereocenters. The van der Waals surface area contributed by atoms with E-state index in [0.717, 1.165) is 17.4 Å². The number of hydrogen-bond acceptors (Lipinski definition) is 3. The smallest absolute Gasteiger partial charge is 0.0959 e. The molecule has 0 saturated heterocycles. The van der Waals surface area contributed by atoms with Crippen LogP contribution in [0.5, 0.6) is 0 Å². The predicted molar refractivity (Wildman–Crippen MR) is 60.6 cm³/mol. The molecule has 0 atom stereocenters. The van der Waals surface area contributed by atoms with Crippen molar-refractivity contribution in [2.24, 2.45) is 0 Å². The van der Waals surface area contributed by atoms with Gasteiger partial charge in [0.15, 0.2) is 0 Å². The highest BCUT2D eigenvalue weighted by Gasteiger charge is 2.18. The molecule has 2 rings (SSSR count). The Morgan fingerprint density at radius 2 is 2.15 bits per heavy atom. The summed E-state index contributed by atoms with van der Waals surface area (Å²) in [5.41, 5.74) is 1.15. The van der Waals surface area contributed by atoms with E-state index in [9.17, 15) is 0 Å².